The van der Waals surface area contributed by atoms with Crippen LogP contribution in [-0.4, -0.2) is 51.5 Å². The second-order valence-electron chi connectivity index (χ2n) is 10.2. The van der Waals surface area contributed by atoms with E-state index in [0.717, 1.165) is 30.5 Å². The van der Waals surface area contributed by atoms with Crippen LogP contribution >= 0.6 is 0 Å². The van der Waals surface area contributed by atoms with Crippen molar-refractivity contribution in [1.29, 1.82) is 0 Å². The number of aromatic amines is 1. The molecule has 0 atom stereocenters. The number of carbonyl (C=O) groups is 1. The van der Waals surface area contributed by atoms with E-state index in [1.807, 2.05) is 4.72 Å². The van der Waals surface area contributed by atoms with Crippen molar-refractivity contribution in [2.24, 2.45) is 5.92 Å². The van der Waals surface area contributed by atoms with E-state index in [1.165, 1.54) is 18.3 Å². The fourth-order valence-electron chi connectivity index (χ4n) is 4.68. The van der Waals surface area contributed by atoms with Gasteiger partial charge < -0.3 is 20.1 Å². The number of hydrogen-bond acceptors (Lipinski definition) is 10. The first-order chi connectivity index (χ1) is 19.5. The van der Waals surface area contributed by atoms with Gasteiger partial charge >= 0.3 is 5.69 Å². The van der Waals surface area contributed by atoms with Gasteiger partial charge in [-0.2, -0.15) is 0 Å². The standard InChI is InChI=1S/C27H28N6O7S/c1-27(35)9-6-17(7-10-27)14-29-25-22(33(36)37)13-20(16-31-25)41(38,39)32-26(34)21-4-2-3-5-23(21)40-19-12-18-8-11-28-24(18)30-15-19/h2-5,8,11-13,15-17,35H,6-7,9-10,14H2,1H3,(H,28,30)(H,29,31)(H,32,34). The van der Waals surface area contributed by atoms with Crippen LogP contribution in [-0.2, 0) is 10.0 Å². The minimum atomic E-state index is -4.53. The van der Waals surface area contributed by atoms with E-state index in [2.05, 4.69) is 20.3 Å². The van der Waals surface area contributed by atoms with Crippen molar-refractivity contribution >= 4 is 38.5 Å². The van der Waals surface area contributed by atoms with E-state index in [4.69, 9.17) is 4.74 Å². The smallest absolute Gasteiger partial charge is 0.312 e. The van der Waals surface area contributed by atoms with Crippen LogP contribution < -0.4 is 14.8 Å². The quantitative estimate of drug-likeness (QED) is 0.165. The summed E-state index contributed by atoms with van der Waals surface area (Å²) in [6, 6.07) is 10.4. The Hall–Kier alpha value is -4.56. The highest BCUT2D eigenvalue weighted by atomic mass is 32.2. The molecule has 0 radical (unpaired) electrons. The van der Waals surface area contributed by atoms with Gasteiger partial charge in [-0.3, -0.25) is 14.9 Å². The summed E-state index contributed by atoms with van der Waals surface area (Å²) in [6.07, 6.45) is 6.87. The summed E-state index contributed by atoms with van der Waals surface area (Å²) in [7, 11) is -4.53. The molecule has 0 spiro atoms. The lowest BCUT2D eigenvalue weighted by Gasteiger charge is -2.33. The maximum absolute atomic E-state index is 13.1. The first-order valence-electron chi connectivity index (χ1n) is 12.9. The van der Waals surface area contributed by atoms with E-state index in [-0.39, 0.29) is 23.0 Å². The number of nitro groups is 1. The lowest BCUT2D eigenvalue weighted by atomic mass is 9.80. The summed E-state index contributed by atoms with van der Waals surface area (Å²) in [6.45, 7) is 2.17. The molecule has 4 aromatic rings. The van der Waals surface area contributed by atoms with Gasteiger partial charge in [0.15, 0.2) is 0 Å². The van der Waals surface area contributed by atoms with Gasteiger partial charge in [0.25, 0.3) is 15.9 Å². The second-order valence-corrected chi connectivity index (χ2v) is 11.9. The number of pyridine rings is 2. The summed E-state index contributed by atoms with van der Waals surface area (Å²) in [5, 5.41) is 25.6. The van der Waals surface area contributed by atoms with Crippen LogP contribution in [0.1, 0.15) is 43.0 Å². The molecule has 1 amide bonds. The molecule has 41 heavy (non-hydrogen) atoms. The molecule has 0 bridgehead atoms. The van der Waals surface area contributed by atoms with Crippen LogP contribution in [0.25, 0.3) is 11.0 Å². The van der Waals surface area contributed by atoms with E-state index < -0.39 is 37.0 Å². The van der Waals surface area contributed by atoms with Crippen LogP contribution in [0.2, 0.25) is 0 Å². The Balaban J connectivity index is 1.31. The van der Waals surface area contributed by atoms with Crippen LogP contribution in [0, 0.1) is 16.0 Å². The molecule has 0 aliphatic heterocycles. The Morgan fingerprint density at radius 3 is 2.71 bits per heavy atom. The Kier molecular flexibility index (Phi) is 7.60. The highest BCUT2D eigenvalue weighted by Crippen LogP contribution is 2.33. The number of aromatic nitrogens is 3. The third-order valence-corrected chi connectivity index (χ3v) is 8.35. The number of para-hydroxylation sites is 1. The van der Waals surface area contributed by atoms with Crippen molar-refractivity contribution in [2.45, 2.75) is 43.1 Å². The molecule has 3 aromatic heterocycles. The molecule has 1 fully saturated rings. The highest BCUT2D eigenvalue weighted by molar-refractivity contribution is 7.90. The van der Waals surface area contributed by atoms with E-state index in [1.54, 1.807) is 37.4 Å². The molecule has 1 aromatic carbocycles. The number of carbonyl (C=O) groups excluding carboxylic acids is 1. The summed E-state index contributed by atoms with van der Waals surface area (Å²) < 4.78 is 33.9. The minimum absolute atomic E-state index is 0.0718. The van der Waals surface area contributed by atoms with Gasteiger partial charge in [0.2, 0.25) is 5.82 Å². The summed E-state index contributed by atoms with van der Waals surface area (Å²) >= 11 is 0. The molecular formula is C27H28N6O7S. The number of nitrogens with zero attached hydrogens (tertiary/aromatic N) is 3. The number of aliphatic hydroxyl groups is 1. The first-order valence-corrected chi connectivity index (χ1v) is 14.4. The first kappa shape index (κ1) is 28.0. The Labute approximate surface area is 235 Å². The zero-order chi connectivity index (χ0) is 29.2. The molecule has 214 valence electrons. The highest BCUT2D eigenvalue weighted by Gasteiger charge is 2.30. The van der Waals surface area contributed by atoms with Crippen molar-refractivity contribution in [1.82, 2.24) is 19.7 Å². The summed E-state index contributed by atoms with van der Waals surface area (Å²) in [5.41, 5.74) is -0.666. The number of hydrogen-bond donors (Lipinski definition) is 4. The average Bonchev–Trinajstić information content (AvgIpc) is 3.40. The predicted molar refractivity (Wildman–Crippen MR) is 149 cm³/mol. The molecule has 3 heterocycles. The molecule has 1 aliphatic rings. The van der Waals surface area contributed by atoms with Crippen molar-refractivity contribution < 1.29 is 28.0 Å². The average molecular weight is 581 g/mol. The molecule has 13 nitrogen and oxygen atoms in total. The van der Waals surface area contributed by atoms with Crippen LogP contribution in [0.5, 0.6) is 11.5 Å². The van der Waals surface area contributed by atoms with Gasteiger partial charge in [-0.15, -0.1) is 0 Å². The van der Waals surface area contributed by atoms with Crippen LogP contribution in [0.4, 0.5) is 11.5 Å². The Morgan fingerprint density at radius 2 is 1.95 bits per heavy atom. The molecule has 1 saturated carbocycles. The Morgan fingerprint density at radius 1 is 1.20 bits per heavy atom. The van der Waals surface area contributed by atoms with E-state index in [9.17, 15) is 28.4 Å². The predicted octanol–water partition coefficient (Wildman–Crippen LogP) is 4.13. The fourth-order valence-corrected chi connectivity index (χ4v) is 5.61. The number of benzene rings is 1. The number of H-pyrrole nitrogens is 1. The third-order valence-electron chi connectivity index (χ3n) is 7.05. The zero-order valence-corrected chi connectivity index (χ0v) is 22.8. The zero-order valence-electron chi connectivity index (χ0n) is 22.0. The van der Waals surface area contributed by atoms with Gasteiger partial charge in [-0.1, -0.05) is 12.1 Å². The van der Waals surface area contributed by atoms with Gasteiger partial charge in [0, 0.05) is 24.2 Å². The third kappa shape index (κ3) is 6.44. The van der Waals surface area contributed by atoms with Crippen molar-refractivity contribution in [2.75, 3.05) is 11.9 Å². The van der Waals surface area contributed by atoms with Crippen LogP contribution in [0.15, 0.2) is 66.0 Å². The van der Waals surface area contributed by atoms with E-state index in [0.29, 0.717) is 30.8 Å². The maximum Gasteiger partial charge on any atom is 0.312 e. The number of nitrogens with one attached hydrogen (secondary N) is 3. The number of sulfonamides is 1. The number of rotatable bonds is 9. The molecule has 5 rings (SSSR count). The molecule has 1 aliphatic carbocycles. The molecule has 0 unspecified atom stereocenters. The molecule has 0 saturated heterocycles. The number of anilines is 1. The number of ether oxygens (including phenoxy) is 1. The largest absolute Gasteiger partial charge is 0.455 e. The monoisotopic (exact) mass is 580 g/mol. The van der Waals surface area contributed by atoms with Gasteiger partial charge in [0.1, 0.15) is 22.0 Å². The summed E-state index contributed by atoms with van der Waals surface area (Å²) in [5.74, 6) is -0.465. The van der Waals surface area contributed by atoms with Gasteiger partial charge in [0.05, 0.1) is 28.5 Å². The SMILES string of the molecule is CC1(O)CCC(CNc2ncc(S(=O)(=O)NC(=O)c3ccccc3Oc3cnc4[nH]ccc4c3)cc2[N+](=O)[O-])CC1. The van der Waals surface area contributed by atoms with Crippen molar-refractivity contribution in [3.8, 4) is 11.5 Å². The van der Waals surface area contributed by atoms with Crippen molar-refractivity contribution in [3.63, 3.8) is 0 Å². The van der Waals surface area contributed by atoms with Crippen molar-refractivity contribution in [3.05, 3.63) is 76.7 Å². The topological polar surface area (TPSA) is 189 Å². The minimum Gasteiger partial charge on any atom is -0.455 e. The van der Waals surface area contributed by atoms with Crippen LogP contribution in [0.3, 0.4) is 0 Å². The van der Waals surface area contributed by atoms with E-state index >= 15 is 0 Å². The lowest BCUT2D eigenvalue weighted by molar-refractivity contribution is -0.384. The fraction of sp³-hybridized carbons (Fsp3) is 0.296. The lowest BCUT2D eigenvalue weighted by Crippen LogP contribution is -2.32. The molecule has 14 heteroatoms. The second kappa shape index (κ2) is 11.1. The summed E-state index contributed by atoms with van der Waals surface area (Å²) in [4.78, 5) is 34.7. The van der Waals surface area contributed by atoms with Gasteiger partial charge in [-0.05, 0) is 62.8 Å². The molecule has 4 N–H and O–H groups in total. The normalized spacial score (nSPS) is 19.0. The molecular weight excluding hydrogens is 552 g/mol. The number of amides is 1. The van der Waals surface area contributed by atoms with Gasteiger partial charge in [-0.25, -0.2) is 23.1 Å². The Bertz CT molecular complexity index is 1710. The maximum atomic E-state index is 13.1. The number of fused-ring (bicyclic) bond motifs is 1.